The molecule has 5 heterocycles. The lowest BCUT2D eigenvalue weighted by Crippen LogP contribution is -2.65. The first-order valence-electron chi connectivity index (χ1n) is 15.9. The maximum absolute atomic E-state index is 14.4. The van der Waals surface area contributed by atoms with E-state index in [2.05, 4.69) is 95.6 Å². The second-order valence-electron chi connectivity index (χ2n) is 17.4. The number of nitrogens with zero attached hydrogens (tertiary/aromatic N) is 1. The summed E-state index contributed by atoms with van der Waals surface area (Å²) in [7, 11) is -13.1. The molecule has 2 aromatic carbocycles. The lowest BCUT2D eigenvalue weighted by Gasteiger charge is -2.30. The minimum atomic E-state index is -2.29. The van der Waals surface area contributed by atoms with Crippen LogP contribution in [0.5, 0.6) is 0 Å². The van der Waals surface area contributed by atoms with Crippen molar-refractivity contribution in [2.45, 2.75) is 117 Å². The second kappa shape index (κ2) is 8.24. The minimum Gasteiger partial charge on any atom is -0.449 e. The van der Waals surface area contributed by atoms with Crippen molar-refractivity contribution in [3.05, 3.63) is 34.4 Å². The molecule has 0 saturated carbocycles. The molecular weight excluding hydrogens is 635 g/mol. The summed E-state index contributed by atoms with van der Waals surface area (Å²) in [5.41, 5.74) is 4.73. The van der Waals surface area contributed by atoms with Gasteiger partial charge in [-0.3, -0.25) is 4.90 Å². The van der Waals surface area contributed by atoms with Gasteiger partial charge in [0.05, 0.1) is 12.1 Å². The summed E-state index contributed by atoms with van der Waals surface area (Å²) in [4.78, 5) is 16.5. The number of amides is 1. The largest absolute Gasteiger partial charge is 0.449 e. The summed E-state index contributed by atoms with van der Waals surface area (Å²) < 4.78 is 27.6. The molecule has 0 radical (unpaired) electrons. The van der Waals surface area contributed by atoms with Gasteiger partial charge in [0, 0.05) is 0 Å². The van der Waals surface area contributed by atoms with Gasteiger partial charge >= 0.3 is 6.09 Å². The monoisotopic (exact) mass is 683 g/mol. The fraction of sp³-hybridized carbons (Fsp3) is 0.581. The zero-order valence-electron chi connectivity index (χ0n) is 28.8. The van der Waals surface area contributed by atoms with E-state index in [0.717, 1.165) is 0 Å². The molecule has 0 N–H and O–H groups in total. The number of ether oxygens (including phenoxy) is 1. The van der Waals surface area contributed by atoms with Crippen LogP contribution in [0.1, 0.15) is 55.1 Å². The predicted molar refractivity (Wildman–Crippen MR) is 191 cm³/mol. The van der Waals surface area contributed by atoms with E-state index in [-0.39, 0.29) is 18.2 Å². The highest BCUT2D eigenvalue weighted by Crippen LogP contribution is 2.57. The maximum atomic E-state index is 14.4. The van der Waals surface area contributed by atoms with E-state index in [9.17, 15) is 4.79 Å². The fourth-order valence-corrected chi connectivity index (χ4v) is 43.7. The van der Waals surface area contributed by atoms with Crippen LogP contribution in [0.15, 0.2) is 12.1 Å². The highest BCUT2D eigenvalue weighted by atomic mass is 28.4. The van der Waals surface area contributed by atoms with E-state index < -0.39 is 55.5 Å². The van der Waals surface area contributed by atoms with Crippen LogP contribution >= 0.6 is 0 Å². The Balaban J connectivity index is 1.62. The summed E-state index contributed by atoms with van der Waals surface area (Å²) in [5, 5.41) is 8.85. The van der Waals surface area contributed by atoms with Gasteiger partial charge in [-0.2, -0.15) is 0 Å². The van der Waals surface area contributed by atoms with E-state index in [1.807, 2.05) is 20.8 Å². The molecule has 232 valence electrons. The molecule has 0 aromatic heterocycles. The molecule has 5 aliphatic rings. The fourth-order valence-electron chi connectivity index (χ4n) is 9.71. The van der Waals surface area contributed by atoms with E-state index in [4.69, 9.17) is 17.1 Å². The van der Waals surface area contributed by atoms with Crippen molar-refractivity contribution in [1.29, 1.82) is 0 Å². The summed E-state index contributed by atoms with van der Waals surface area (Å²) >= 11 is 0. The van der Waals surface area contributed by atoms with Crippen LogP contribution < -0.4 is 31.1 Å². The average Bonchev–Trinajstić information content (AvgIpc) is 3.45. The van der Waals surface area contributed by atoms with E-state index in [1.54, 1.807) is 0 Å². The Morgan fingerprint density at radius 3 is 1.28 bits per heavy atom. The summed E-state index contributed by atoms with van der Waals surface area (Å²) in [5.74, 6) is 0. The van der Waals surface area contributed by atoms with Gasteiger partial charge in [0.2, 0.25) is 49.9 Å². The van der Waals surface area contributed by atoms with Crippen LogP contribution in [0.25, 0.3) is 0 Å². The number of rotatable bonds is 0. The lowest BCUT2D eigenvalue weighted by molar-refractivity contribution is 0.0194. The molecule has 6 nitrogen and oxygen atoms in total. The molecule has 0 aliphatic carbocycles. The van der Waals surface area contributed by atoms with E-state index in [1.165, 1.54) is 53.4 Å². The molecule has 2 unspecified atom stereocenters. The van der Waals surface area contributed by atoms with E-state index >= 15 is 0 Å². The molecular formula is C31H49NO5Si6. The standard InChI is InChI=1S/C31H49NO5Si6/c1-31(2,3)34-30(33)32-24-18-16-20-21(39(6,7)35-38(20,4)5)17-19(18)25(32)23-22(24)26-28(42(12,13)36-40(26,8)9)29-27(23)41(10,11)37-43(29,14)15/h16-17,24-25H,1-15H3. The molecule has 2 atom stereocenters. The first kappa shape index (κ1) is 30.5. The van der Waals surface area contributed by atoms with Gasteiger partial charge in [0.15, 0.2) is 0 Å². The van der Waals surface area contributed by atoms with Crippen LogP contribution in [0.4, 0.5) is 4.79 Å². The third-order valence-electron chi connectivity index (χ3n) is 10.3. The number of hydrogen-bond donors (Lipinski definition) is 0. The molecule has 12 heteroatoms. The van der Waals surface area contributed by atoms with Crippen molar-refractivity contribution in [2.24, 2.45) is 0 Å². The Hall–Kier alpha value is -1.11. The molecule has 43 heavy (non-hydrogen) atoms. The number of carbonyl (C=O) groups excluding carboxylic acids is 1. The van der Waals surface area contributed by atoms with Gasteiger partial charge in [-0.1, -0.05) is 12.1 Å². The van der Waals surface area contributed by atoms with Gasteiger partial charge in [0.25, 0.3) is 0 Å². The van der Waals surface area contributed by atoms with Crippen molar-refractivity contribution < 1.29 is 21.9 Å². The van der Waals surface area contributed by atoms with Crippen molar-refractivity contribution in [3.63, 3.8) is 0 Å². The first-order chi connectivity index (χ1) is 19.3. The van der Waals surface area contributed by atoms with Crippen LogP contribution in [-0.4, -0.2) is 66.5 Å². The molecule has 2 aromatic rings. The summed E-state index contributed by atoms with van der Waals surface area (Å²) in [6, 6.07) is 4.60. The van der Waals surface area contributed by atoms with Crippen molar-refractivity contribution >= 4 is 87.1 Å². The van der Waals surface area contributed by atoms with Gasteiger partial charge in [-0.05, 0) is 153 Å². The van der Waals surface area contributed by atoms with Crippen molar-refractivity contribution in [1.82, 2.24) is 4.90 Å². The molecule has 0 fully saturated rings. The average molecular weight is 684 g/mol. The number of benzene rings is 2. The Kier molecular flexibility index (Phi) is 5.85. The molecule has 7 rings (SSSR count). The third kappa shape index (κ3) is 3.90. The summed E-state index contributed by atoms with van der Waals surface area (Å²) in [6.07, 6.45) is -0.216. The van der Waals surface area contributed by atoms with Crippen LogP contribution in [0.3, 0.4) is 0 Å². The van der Waals surface area contributed by atoms with Crippen LogP contribution in [-0.2, 0) is 17.1 Å². The van der Waals surface area contributed by atoms with Gasteiger partial charge in [0.1, 0.15) is 5.60 Å². The van der Waals surface area contributed by atoms with Gasteiger partial charge in [-0.15, -0.1) is 0 Å². The van der Waals surface area contributed by atoms with Crippen molar-refractivity contribution in [3.8, 4) is 0 Å². The SMILES string of the molecule is CC(C)(C)OC(=O)N1C2c3cc4c(cc3C1c1c2c2c(c3c1[Si](C)(C)O[Si]3(C)C)[Si](C)(C)O[Si]2(C)C)[Si](C)(C)O[Si]4(C)C. The van der Waals surface area contributed by atoms with Gasteiger partial charge in [-0.25, -0.2) is 4.79 Å². The van der Waals surface area contributed by atoms with Crippen LogP contribution in [0, 0.1) is 0 Å². The quantitative estimate of drug-likeness (QED) is 0.394. The third-order valence-corrected chi connectivity index (χ3v) is 33.9. The highest BCUT2D eigenvalue weighted by molar-refractivity contribution is 7.14. The molecule has 0 saturated heterocycles. The number of carbonyl (C=O) groups is 1. The lowest BCUT2D eigenvalue weighted by atomic mass is 9.85. The van der Waals surface area contributed by atoms with Crippen LogP contribution in [0.2, 0.25) is 78.6 Å². The highest BCUT2D eigenvalue weighted by Gasteiger charge is 2.64. The minimum absolute atomic E-state index is 0.169. The Morgan fingerprint density at radius 1 is 0.605 bits per heavy atom. The molecule has 1 amide bonds. The molecule has 2 bridgehead atoms. The Labute approximate surface area is 264 Å². The summed E-state index contributed by atoms with van der Waals surface area (Å²) in [6.45, 7) is 34.4. The molecule has 0 spiro atoms. The Bertz CT molecular complexity index is 1570. The first-order valence-corrected chi connectivity index (χ1v) is 33.3. The van der Waals surface area contributed by atoms with E-state index in [0.29, 0.717) is 0 Å². The zero-order chi connectivity index (χ0) is 31.8. The number of fused-ring (bicyclic) bond motifs is 14. The Morgan fingerprint density at radius 2 is 0.930 bits per heavy atom. The molecule has 5 aliphatic heterocycles. The van der Waals surface area contributed by atoms with Gasteiger partial charge < -0.3 is 17.1 Å². The zero-order valence-corrected chi connectivity index (χ0v) is 34.8. The maximum Gasteiger partial charge on any atom is 0.411 e. The number of hydrogen-bond acceptors (Lipinski definition) is 5. The predicted octanol–water partition coefficient (Wildman–Crippen LogP) is 3.99. The van der Waals surface area contributed by atoms with Crippen molar-refractivity contribution in [2.75, 3.05) is 0 Å². The normalized spacial score (nSPS) is 28.3. The topological polar surface area (TPSA) is 57.2 Å². The smallest absolute Gasteiger partial charge is 0.411 e. The second-order valence-corrected chi connectivity index (χ2v) is 41.1.